The largest absolute Gasteiger partial charge is 0.345 e. The van der Waals surface area contributed by atoms with Gasteiger partial charge in [0.15, 0.2) is 0 Å². The van der Waals surface area contributed by atoms with Crippen LogP contribution in [0.15, 0.2) is 77.4 Å². The Bertz CT molecular complexity index is 943. The van der Waals surface area contributed by atoms with Gasteiger partial charge < -0.3 is 9.47 Å². The van der Waals surface area contributed by atoms with E-state index >= 15 is 0 Å². The summed E-state index contributed by atoms with van der Waals surface area (Å²) in [5.41, 5.74) is 3.62. The Labute approximate surface area is 187 Å². The van der Waals surface area contributed by atoms with Crippen LogP contribution in [0.5, 0.6) is 0 Å². The highest BCUT2D eigenvalue weighted by molar-refractivity contribution is 9.10. The smallest absolute Gasteiger partial charge is 0.226 e. The first-order chi connectivity index (χ1) is 14.7. The number of hydrogen-bond acceptors (Lipinski definition) is 1. The molecule has 0 spiro atoms. The fourth-order valence-electron chi connectivity index (χ4n) is 4.35. The van der Waals surface area contributed by atoms with Gasteiger partial charge in [-0.15, -0.1) is 0 Å². The third-order valence-corrected chi connectivity index (χ3v) is 6.55. The van der Waals surface area contributed by atoms with Crippen molar-refractivity contribution in [2.24, 2.45) is 5.92 Å². The normalized spacial score (nSPS) is 14.6. The molecular formula is C26H29BrN2O. The van der Waals surface area contributed by atoms with Crippen molar-refractivity contribution in [2.45, 2.75) is 51.7 Å². The van der Waals surface area contributed by atoms with Gasteiger partial charge in [-0.05, 0) is 48.2 Å². The van der Waals surface area contributed by atoms with Crippen LogP contribution in [0.1, 0.15) is 48.9 Å². The number of aromatic nitrogens is 1. The van der Waals surface area contributed by atoms with Crippen LogP contribution in [0.3, 0.4) is 0 Å². The number of carbonyl (C=O) groups is 1. The maximum absolute atomic E-state index is 13.4. The first-order valence-electron chi connectivity index (χ1n) is 10.9. The Morgan fingerprint density at radius 1 is 0.867 bits per heavy atom. The standard InChI is InChI=1S/C26H29BrN2O/c27-24-15-13-22(14-16-24)18-28-17-7-12-25(28)20-29(19-21-8-3-1-4-9-21)26(30)23-10-5-2-6-11-23/h1,3-4,7-9,12-17,23H,2,5-6,10-11,18-20H2. The lowest BCUT2D eigenvalue weighted by Gasteiger charge is -2.30. The molecular weight excluding hydrogens is 436 g/mol. The molecule has 0 radical (unpaired) electrons. The van der Waals surface area contributed by atoms with Gasteiger partial charge in [0.25, 0.3) is 0 Å². The maximum Gasteiger partial charge on any atom is 0.226 e. The molecule has 30 heavy (non-hydrogen) atoms. The van der Waals surface area contributed by atoms with Crippen molar-refractivity contribution in [3.05, 3.63) is 94.2 Å². The molecule has 3 aromatic rings. The number of amides is 1. The highest BCUT2D eigenvalue weighted by atomic mass is 79.9. The van der Waals surface area contributed by atoms with Gasteiger partial charge in [-0.3, -0.25) is 4.79 Å². The topological polar surface area (TPSA) is 25.2 Å². The summed E-state index contributed by atoms with van der Waals surface area (Å²) >= 11 is 3.50. The van der Waals surface area contributed by atoms with E-state index in [1.54, 1.807) is 0 Å². The molecule has 1 amide bonds. The first-order valence-corrected chi connectivity index (χ1v) is 11.7. The predicted molar refractivity (Wildman–Crippen MR) is 125 cm³/mol. The van der Waals surface area contributed by atoms with Crippen LogP contribution in [-0.4, -0.2) is 15.4 Å². The third-order valence-electron chi connectivity index (χ3n) is 6.02. The molecule has 1 saturated carbocycles. The van der Waals surface area contributed by atoms with Crippen molar-refractivity contribution in [2.75, 3.05) is 0 Å². The number of carbonyl (C=O) groups excluding carboxylic acids is 1. The molecule has 3 nitrogen and oxygen atoms in total. The van der Waals surface area contributed by atoms with E-state index in [9.17, 15) is 4.79 Å². The monoisotopic (exact) mass is 464 g/mol. The zero-order valence-corrected chi connectivity index (χ0v) is 18.9. The second-order valence-electron chi connectivity index (χ2n) is 8.27. The zero-order valence-electron chi connectivity index (χ0n) is 17.3. The maximum atomic E-state index is 13.4. The summed E-state index contributed by atoms with van der Waals surface area (Å²) in [5.74, 6) is 0.493. The molecule has 1 aliphatic carbocycles. The van der Waals surface area contributed by atoms with Crippen LogP contribution in [0, 0.1) is 5.92 Å². The van der Waals surface area contributed by atoms with Crippen LogP contribution >= 0.6 is 15.9 Å². The van der Waals surface area contributed by atoms with E-state index in [0.29, 0.717) is 19.0 Å². The SMILES string of the molecule is O=C(C1CCCCC1)N(Cc1ccccc1)Cc1cccn1Cc1ccc(Br)cc1. The number of nitrogens with zero attached hydrogens (tertiary/aromatic N) is 2. The van der Waals surface area contributed by atoms with Crippen molar-refractivity contribution >= 4 is 21.8 Å². The Morgan fingerprint density at radius 3 is 2.33 bits per heavy atom. The number of hydrogen-bond donors (Lipinski definition) is 0. The molecule has 1 heterocycles. The average molecular weight is 465 g/mol. The Hall–Kier alpha value is -2.33. The third kappa shape index (κ3) is 5.42. The Balaban J connectivity index is 1.53. The lowest BCUT2D eigenvalue weighted by atomic mass is 9.88. The van der Waals surface area contributed by atoms with E-state index < -0.39 is 0 Å². The first kappa shape index (κ1) is 20.9. The van der Waals surface area contributed by atoms with Crippen LogP contribution in [0.4, 0.5) is 0 Å². The van der Waals surface area contributed by atoms with Gasteiger partial charge in [-0.1, -0.05) is 77.7 Å². The predicted octanol–water partition coefficient (Wildman–Crippen LogP) is 6.41. The molecule has 0 unspecified atom stereocenters. The Kier molecular flexibility index (Phi) is 7.06. The molecule has 0 atom stereocenters. The average Bonchev–Trinajstić information content (AvgIpc) is 3.22. The van der Waals surface area contributed by atoms with E-state index in [1.807, 2.05) is 6.07 Å². The Morgan fingerprint density at radius 2 is 1.60 bits per heavy atom. The molecule has 4 heteroatoms. The van der Waals surface area contributed by atoms with Gasteiger partial charge in [-0.2, -0.15) is 0 Å². The van der Waals surface area contributed by atoms with E-state index in [4.69, 9.17) is 0 Å². The lowest BCUT2D eigenvalue weighted by molar-refractivity contribution is -0.138. The molecule has 1 aromatic heterocycles. The number of benzene rings is 2. The number of halogens is 1. The van der Waals surface area contributed by atoms with E-state index in [2.05, 4.69) is 92.3 Å². The summed E-state index contributed by atoms with van der Waals surface area (Å²) in [4.78, 5) is 15.5. The van der Waals surface area contributed by atoms with E-state index in [1.165, 1.54) is 36.1 Å². The summed E-state index contributed by atoms with van der Waals surface area (Å²) in [6.07, 6.45) is 7.79. The van der Waals surface area contributed by atoms with Crippen molar-refractivity contribution < 1.29 is 4.79 Å². The molecule has 0 aliphatic heterocycles. The van der Waals surface area contributed by atoms with E-state index in [-0.39, 0.29) is 5.92 Å². The van der Waals surface area contributed by atoms with Crippen LogP contribution in [0.25, 0.3) is 0 Å². The van der Waals surface area contributed by atoms with Gasteiger partial charge in [0, 0.05) is 35.4 Å². The fourth-order valence-corrected chi connectivity index (χ4v) is 4.62. The van der Waals surface area contributed by atoms with Crippen molar-refractivity contribution in [3.63, 3.8) is 0 Å². The van der Waals surface area contributed by atoms with Crippen molar-refractivity contribution in [3.8, 4) is 0 Å². The summed E-state index contributed by atoms with van der Waals surface area (Å²) in [7, 11) is 0. The molecule has 156 valence electrons. The summed E-state index contributed by atoms with van der Waals surface area (Å²) in [6, 6.07) is 23.0. The minimum Gasteiger partial charge on any atom is -0.345 e. The summed E-state index contributed by atoms with van der Waals surface area (Å²) < 4.78 is 3.35. The minimum absolute atomic E-state index is 0.178. The fraction of sp³-hybridized carbons (Fsp3) is 0.346. The molecule has 0 saturated heterocycles. The van der Waals surface area contributed by atoms with Crippen molar-refractivity contribution in [1.29, 1.82) is 0 Å². The molecule has 2 aromatic carbocycles. The molecule has 0 bridgehead atoms. The molecule has 4 rings (SSSR count). The lowest BCUT2D eigenvalue weighted by Crippen LogP contribution is -2.36. The quantitative estimate of drug-likeness (QED) is 0.396. The highest BCUT2D eigenvalue weighted by Crippen LogP contribution is 2.27. The van der Waals surface area contributed by atoms with E-state index in [0.717, 1.165) is 23.9 Å². The summed E-state index contributed by atoms with van der Waals surface area (Å²) in [5, 5.41) is 0. The molecule has 1 fully saturated rings. The summed E-state index contributed by atoms with van der Waals surface area (Å²) in [6.45, 7) is 2.12. The molecule has 0 N–H and O–H groups in total. The minimum atomic E-state index is 0.178. The van der Waals surface area contributed by atoms with Gasteiger partial charge in [-0.25, -0.2) is 0 Å². The van der Waals surface area contributed by atoms with Crippen LogP contribution in [0.2, 0.25) is 0 Å². The van der Waals surface area contributed by atoms with Gasteiger partial charge in [0.2, 0.25) is 5.91 Å². The molecule has 1 aliphatic rings. The number of rotatable bonds is 7. The highest BCUT2D eigenvalue weighted by Gasteiger charge is 2.26. The van der Waals surface area contributed by atoms with Gasteiger partial charge >= 0.3 is 0 Å². The van der Waals surface area contributed by atoms with Crippen LogP contribution < -0.4 is 0 Å². The second-order valence-corrected chi connectivity index (χ2v) is 9.18. The van der Waals surface area contributed by atoms with Gasteiger partial charge in [0.1, 0.15) is 0 Å². The van der Waals surface area contributed by atoms with Gasteiger partial charge in [0.05, 0.1) is 6.54 Å². The zero-order chi connectivity index (χ0) is 20.8. The second kappa shape index (κ2) is 10.1. The van der Waals surface area contributed by atoms with Crippen LogP contribution in [-0.2, 0) is 24.4 Å². The van der Waals surface area contributed by atoms with Crippen molar-refractivity contribution in [1.82, 2.24) is 9.47 Å².